The van der Waals surface area contributed by atoms with Gasteiger partial charge in [0.15, 0.2) is 10.8 Å². The van der Waals surface area contributed by atoms with Crippen molar-refractivity contribution in [3.8, 4) is 0 Å². The first kappa shape index (κ1) is 15.0. The van der Waals surface area contributed by atoms with Gasteiger partial charge < -0.3 is 5.32 Å². The van der Waals surface area contributed by atoms with Crippen LogP contribution in [-0.4, -0.2) is 10.9 Å². The molecule has 3 rings (SSSR count). The van der Waals surface area contributed by atoms with Gasteiger partial charge >= 0.3 is 6.18 Å². The lowest BCUT2D eigenvalue weighted by Crippen LogP contribution is -2.15. The van der Waals surface area contributed by atoms with Crippen LogP contribution in [0, 0.1) is 0 Å². The van der Waals surface area contributed by atoms with E-state index in [1.807, 2.05) is 24.3 Å². The second-order valence-electron chi connectivity index (χ2n) is 5.22. The van der Waals surface area contributed by atoms with Crippen LogP contribution < -0.4 is 5.32 Å². The highest BCUT2D eigenvalue weighted by atomic mass is 32.1. The van der Waals surface area contributed by atoms with Crippen molar-refractivity contribution < 1.29 is 18.0 Å². The summed E-state index contributed by atoms with van der Waals surface area (Å²) in [7, 11) is 0. The minimum Gasteiger partial charge on any atom is -0.302 e. The molecule has 1 N–H and O–H groups in total. The van der Waals surface area contributed by atoms with Crippen LogP contribution in [0.3, 0.4) is 0 Å². The van der Waals surface area contributed by atoms with Crippen LogP contribution in [-0.2, 0) is 17.4 Å². The Bertz CT molecular complexity index is 696. The molecule has 1 aromatic carbocycles. The van der Waals surface area contributed by atoms with Crippen LogP contribution in [0.5, 0.6) is 0 Å². The molecule has 116 valence electrons. The van der Waals surface area contributed by atoms with Gasteiger partial charge in [-0.2, -0.15) is 13.2 Å². The van der Waals surface area contributed by atoms with E-state index in [0.717, 1.165) is 35.1 Å². The Morgan fingerprint density at radius 3 is 2.86 bits per heavy atom. The number of rotatable bonds is 3. The highest BCUT2D eigenvalue weighted by Crippen LogP contribution is 2.36. The van der Waals surface area contributed by atoms with Gasteiger partial charge in [0.1, 0.15) is 0 Å². The smallest absolute Gasteiger partial charge is 0.302 e. The van der Waals surface area contributed by atoms with Gasteiger partial charge in [-0.05, 0) is 29.9 Å². The number of fused-ring (bicyclic) bond motifs is 1. The normalized spacial score (nSPS) is 17.3. The predicted molar refractivity (Wildman–Crippen MR) is 77.9 cm³/mol. The van der Waals surface area contributed by atoms with Crippen molar-refractivity contribution in [1.29, 1.82) is 0 Å². The number of hydrogen-bond acceptors (Lipinski definition) is 3. The Balaban J connectivity index is 1.63. The van der Waals surface area contributed by atoms with Crippen molar-refractivity contribution in [2.24, 2.45) is 0 Å². The van der Waals surface area contributed by atoms with Gasteiger partial charge in [-0.3, -0.25) is 4.79 Å². The third-order valence-electron chi connectivity index (χ3n) is 3.73. The number of aromatic nitrogens is 1. The van der Waals surface area contributed by atoms with E-state index in [1.54, 1.807) is 0 Å². The van der Waals surface area contributed by atoms with E-state index in [0.29, 0.717) is 0 Å². The maximum Gasteiger partial charge on any atom is 0.434 e. The zero-order valence-electron chi connectivity index (χ0n) is 11.5. The fourth-order valence-electron chi connectivity index (χ4n) is 2.71. The number of alkyl halides is 3. The SMILES string of the molecule is O=C(CC1CCc2ccccc21)Nc1nc(C(F)(F)F)cs1. The van der Waals surface area contributed by atoms with Crippen LogP contribution >= 0.6 is 11.3 Å². The third-order valence-corrected chi connectivity index (χ3v) is 4.49. The lowest BCUT2D eigenvalue weighted by atomic mass is 9.97. The Labute approximate surface area is 129 Å². The summed E-state index contributed by atoms with van der Waals surface area (Å²) >= 11 is 0.785. The number of amides is 1. The minimum absolute atomic E-state index is 0.0105. The quantitative estimate of drug-likeness (QED) is 0.917. The standard InChI is InChI=1S/C15H13F3N2OS/c16-15(17,18)12-8-22-14(19-12)20-13(21)7-10-6-5-9-3-1-2-4-11(9)10/h1-4,8,10H,5-7H2,(H,19,20,21). The highest BCUT2D eigenvalue weighted by Gasteiger charge is 2.34. The number of carbonyl (C=O) groups is 1. The largest absolute Gasteiger partial charge is 0.434 e. The van der Waals surface area contributed by atoms with Crippen molar-refractivity contribution in [3.63, 3.8) is 0 Å². The molecule has 1 unspecified atom stereocenters. The number of thiazole rings is 1. The maximum absolute atomic E-state index is 12.5. The molecule has 2 aromatic rings. The van der Waals surface area contributed by atoms with E-state index in [-0.39, 0.29) is 23.4 Å². The number of nitrogens with one attached hydrogen (secondary N) is 1. The molecule has 3 nitrogen and oxygen atoms in total. The predicted octanol–water partition coefficient (Wildman–Crippen LogP) is 4.22. The summed E-state index contributed by atoms with van der Waals surface area (Å²) in [6.07, 6.45) is -2.40. The summed E-state index contributed by atoms with van der Waals surface area (Å²) in [4.78, 5) is 15.4. The van der Waals surface area contributed by atoms with Gasteiger partial charge in [0.2, 0.25) is 5.91 Å². The third kappa shape index (κ3) is 3.14. The Hall–Kier alpha value is -1.89. The number of halogens is 3. The van der Waals surface area contributed by atoms with Gasteiger partial charge in [-0.25, -0.2) is 4.98 Å². The van der Waals surface area contributed by atoms with Crippen molar-refractivity contribution in [3.05, 3.63) is 46.5 Å². The molecule has 0 saturated heterocycles. The van der Waals surface area contributed by atoms with E-state index < -0.39 is 11.9 Å². The minimum atomic E-state index is -4.48. The molecule has 1 aliphatic carbocycles. The maximum atomic E-state index is 12.5. The molecule has 1 aliphatic rings. The van der Waals surface area contributed by atoms with Gasteiger partial charge in [-0.1, -0.05) is 24.3 Å². The molecule has 1 aromatic heterocycles. The highest BCUT2D eigenvalue weighted by molar-refractivity contribution is 7.13. The molecule has 22 heavy (non-hydrogen) atoms. The van der Waals surface area contributed by atoms with E-state index in [1.165, 1.54) is 5.56 Å². The Kier molecular flexibility index (Phi) is 3.90. The van der Waals surface area contributed by atoms with Crippen molar-refractivity contribution >= 4 is 22.4 Å². The van der Waals surface area contributed by atoms with E-state index >= 15 is 0 Å². The van der Waals surface area contributed by atoms with Crippen LogP contribution in [0.15, 0.2) is 29.6 Å². The van der Waals surface area contributed by atoms with E-state index in [2.05, 4.69) is 10.3 Å². The van der Waals surface area contributed by atoms with Crippen LogP contribution in [0.25, 0.3) is 0 Å². The van der Waals surface area contributed by atoms with Crippen LogP contribution in [0.1, 0.15) is 35.6 Å². The fourth-order valence-corrected chi connectivity index (χ4v) is 3.45. The topological polar surface area (TPSA) is 42.0 Å². The average Bonchev–Trinajstić information content (AvgIpc) is 3.06. The molecule has 1 amide bonds. The zero-order valence-corrected chi connectivity index (χ0v) is 12.3. The van der Waals surface area contributed by atoms with Crippen molar-refractivity contribution in [2.45, 2.75) is 31.4 Å². The van der Waals surface area contributed by atoms with E-state index in [4.69, 9.17) is 0 Å². The lowest BCUT2D eigenvalue weighted by Gasteiger charge is -2.10. The summed E-state index contributed by atoms with van der Waals surface area (Å²) in [5.41, 5.74) is 1.43. The molecule has 0 radical (unpaired) electrons. The molecular weight excluding hydrogens is 313 g/mol. The molecule has 1 heterocycles. The van der Waals surface area contributed by atoms with Crippen LogP contribution in [0.4, 0.5) is 18.3 Å². The molecule has 0 fully saturated rings. The average molecular weight is 326 g/mol. The van der Waals surface area contributed by atoms with Gasteiger partial charge in [0.05, 0.1) is 0 Å². The first-order chi connectivity index (χ1) is 10.4. The first-order valence-electron chi connectivity index (χ1n) is 6.84. The second-order valence-corrected chi connectivity index (χ2v) is 6.08. The van der Waals surface area contributed by atoms with Gasteiger partial charge in [0.25, 0.3) is 0 Å². The molecule has 0 spiro atoms. The summed E-state index contributed by atoms with van der Waals surface area (Å²) in [6.45, 7) is 0. The zero-order chi connectivity index (χ0) is 15.7. The van der Waals surface area contributed by atoms with Crippen molar-refractivity contribution in [2.75, 3.05) is 5.32 Å². The first-order valence-corrected chi connectivity index (χ1v) is 7.72. The number of carbonyl (C=O) groups excluding carboxylic acids is 1. The molecule has 0 aliphatic heterocycles. The van der Waals surface area contributed by atoms with Gasteiger partial charge in [0, 0.05) is 11.8 Å². The molecule has 0 saturated carbocycles. The number of anilines is 1. The molecule has 0 bridgehead atoms. The Morgan fingerprint density at radius 2 is 2.14 bits per heavy atom. The molecular formula is C15H13F3N2OS. The number of hydrogen-bond donors (Lipinski definition) is 1. The van der Waals surface area contributed by atoms with Gasteiger partial charge in [-0.15, -0.1) is 11.3 Å². The summed E-state index contributed by atoms with van der Waals surface area (Å²) in [5.74, 6) is -0.178. The number of nitrogens with zero attached hydrogens (tertiary/aromatic N) is 1. The fraction of sp³-hybridized carbons (Fsp3) is 0.333. The van der Waals surface area contributed by atoms with E-state index in [9.17, 15) is 18.0 Å². The second kappa shape index (κ2) is 5.72. The molecule has 1 atom stereocenters. The lowest BCUT2D eigenvalue weighted by molar-refractivity contribution is -0.140. The monoisotopic (exact) mass is 326 g/mol. The summed E-state index contributed by atoms with van der Waals surface area (Å²) in [6, 6.07) is 7.95. The Morgan fingerprint density at radius 1 is 1.36 bits per heavy atom. The molecule has 7 heteroatoms. The van der Waals surface area contributed by atoms with Crippen molar-refractivity contribution in [1.82, 2.24) is 4.98 Å². The summed E-state index contributed by atoms with van der Waals surface area (Å²) < 4.78 is 37.4. The van der Waals surface area contributed by atoms with Crippen LogP contribution in [0.2, 0.25) is 0 Å². The number of aryl methyl sites for hydroxylation is 1. The number of benzene rings is 1. The summed E-state index contributed by atoms with van der Waals surface area (Å²) in [5, 5.41) is 3.35.